The number of anilines is 3. The van der Waals surface area contributed by atoms with Crippen molar-refractivity contribution in [3.8, 4) is 0 Å². The molecule has 1 aliphatic heterocycles. The Labute approximate surface area is 193 Å². The first-order valence-electron chi connectivity index (χ1n) is 9.40. The Kier molecular flexibility index (Phi) is 9.43. The van der Waals surface area contributed by atoms with Crippen molar-refractivity contribution in [3.63, 3.8) is 0 Å². The molecular formula is C19H23Cl2F6N5. The van der Waals surface area contributed by atoms with Gasteiger partial charge in [-0.15, -0.1) is 24.8 Å². The third kappa shape index (κ3) is 7.01. The fraction of sp³-hybridized carbons (Fsp3) is 0.474. The van der Waals surface area contributed by atoms with E-state index in [1.54, 1.807) is 6.07 Å². The molecule has 1 unspecified atom stereocenters. The van der Waals surface area contributed by atoms with Crippen LogP contribution in [-0.2, 0) is 18.8 Å². The SMILES string of the molecule is CCCc1cc(N2CCC(N)C2)nc(Nc2cc(C(F)(F)F)cc(C(F)(F)F)c2)n1.Cl.Cl. The van der Waals surface area contributed by atoms with Gasteiger partial charge in [0.2, 0.25) is 5.95 Å². The van der Waals surface area contributed by atoms with Crippen LogP contribution < -0.4 is 16.0 Å². The minimum Gasteiger partial charge on any atom is -0.355 e. The van der Waals surface area contributed by atoms with Crippen LogP contribution in [-0.4, -0.2) is 29.1 Å². The minimum atomic E-state index is -4.93. The van der Waals surface area contributed by atoms with Gasteiger partial charge in [0.15, 0.2) is 0 Å². The van der Waals surface area contributed by atoms with Crippen LogP contribution in [0.15, 0.2) is 24.3 Å². The summed E-state index contributed by atoms with van der Waals surface area (Å²) in [6.45, 7) is 3.15. The Morgan fingerprint density at radius 3 is 2.06 bits per heavy atom. The number of aromatic nitrogens is 2. The molecule has 1 fully saturated rings. The zero-order chi connectivity index (χ0) is 22.1. The summed E-state index contributed by atoms with van der Waals surface area (Å²) in [5, 5.41) is 2.52. The van der Waals surface area contributed by atoms with E-state index in [9.17, 15) is 26.3 Å². The molecule has 13 heteroatoms. The lowest BCUT2D eigenvalue weighted by molar-refractivity contribution is -0.143. The lowest BCUT2D eigenvalue weighted by Crippen LogP contribution is -2.27. The minimum absolute atomic E-state index is 0. The number of nitrogens with two attached hydrogens (primary N) is 1. The maximum atomic E-state index is 13.1. The van der Waals surface area contributed by atoms with Crippen molar-refractivity contribution in [1.82, 2.24) is 9.97 Å². The third-order valence-corrected chi connectivity index (χ3v) is 4.66. The summed E-state index contributed by atoms with van der Waals surface area (Å²) in [6, 6.07) is 3.03. The van der Waals surface area contributed by atoms with Crippen LogP contribution >= 0.6 is 24.8 Å². The second-order valence-corrected chi connectivity index (χ2v) is 7.21. The highest BCUT2D eigenvalue weighted by molar-refractivity contribution is 5.85. The van der Waals surface area contributed by atoms with Crippen molar-refractivity contribution < 1.29 is 26.3 Å². The van der Waals surface area contributed by atoms with Crippen LogP contribution in [0.25, 0.3) is 0 Å². The average Bonchev–Trinajstić information content (AvgIpc) is 3.06. The van der Waals surface area contributed by atoms with Crippen molar-refractivity contribution in [2.75, 3.05) is 23.3 Å². The van der Waals surface area contributed by atoms with Gasteiger partial charge < -0.3 is 16.0 Å². The summed E-state index contributed by atoms with van der Waals surface area (Å²) < 4.78 is 78.6. The van der Waals surface area contributed by atoms with Crippen LogP contribution in [0.4, 0.5) is 43.8 Å². The smallest absolute Gasteiger partial charge is 0.355 e. The Balaban J connectivity index is 0.00000256. The van der Waals surface area contributed by atoms with Gasteiger partial charge >= 0.3 is 12.4 Å². The lowest BCUT2D eigenvalue weighted by Gasteiger charge is -2.19. The Hall–Kier alpha value is -1.98. The molecule has 0 radical (unpaired) electrons. The summed E-state index contributed by atoms with van der Waals surface area (Å²) in [5.74, 6) is 0.468. The number of benzene rings is 1. The molecule has 3 rings (SSSR count). The van der Waals surface area contributed by atoms with Crippen LogP contribution in [0.3, 0.4) is 0 Å². The first-order chi connectivity index (χ1) is 14.0. The molecule has 2 heterocycles. The van der Waals surface area contributed by atoms with E-state index in [1.165, 1.54) is 0 Å². The number of halogens is 8. The zero-order valence-electron chi connectivity index (χ0n) is 16.9. The highest BCUT2D eigenvalue weighted by Crippen LogP contribution is 2.38. The number of alkyl halides is 6. The third-order valence-electron chi connectivity index (χ3n) is 4.66. The van der Waals surface area contributed by atoms with Crippen LogP contribution in [0.5, 0.6) is 0 Å². The maximum absolute atomic E-state index is 13.1. The van der Waals surface area contributed by atoms with Crippen molar-refractivity contribution in [2.24, 2.45) is 5.73 Å². The number of rotatable bonds is 5. The summed E-state index contributed by atoms with van der Waals surface area (Å²) in [5.41, 5.74) is 3.35. The van der Waals surface area contributed by atoms with E-state index in [2.05, 4.69) is 15.3 Å². The molecule has 1 atom stereocenters. The molecular weight excluding hydrogens is 483 g/mol. The number of hydrogen-bond acceptors (Lipinski definition) is 5. The quantitative estimate of drug-likeness (QED) is 0.518. The van der Waals surface area contributed by atoms with Crippen LogP contribution in [0, 0.1) is 0 Å². The van der Waals surface area contributed by atoms with E-state index in [1.807, 2.05) is 11.8 Å². The Morgan fingerprint density at radius 2 is 1.59 bits per heavy atom. The summed E-state index contributed by atoms with van der Waals surface area (Å²) in [4.78, 5) is 10.5. The van der Waals surface area contributed by atoms with Gasteiger partial charge in [0.05, 0.1) is 11.1 Å². The summed E-state index contributed by atoms with van der Waals surface area (Å²) in [6.07, 6.45) is -7.75. The zero-order valence-corrected chi connectivity index (χ0v) is 18.6. The molecule has 0 aliphatic carbocycles. The standard InChI is InChI=1S/C19H21F6N5.2ClH/c1-2-3-14-9-16(30-5-4-13(26)10-30)29-17(27-14)28-15-7-11(18(20,21)22)6-12(8-15)19(23,24)25;;/h6-9,13H,2-5,10,26H2,1H3,(H,27,28,29);2*1H. The van der Waals surface area contributed by atoms with Gasteiger partial charge in [-0.3, -0.25) is 0 Å². The monoisotopic (exact) mass is 505 g/mol. The van der Waals surface area contributed by atoms with Gasteiger partial charge in [-0.25, -0.2) is 4.98 Å². The fourth-order valence-electron chi connectivity index (χ4n) is 3.24. The number of hydrogen-bond donors (Lipinski definition) is 2. The van der Waals surface area contributed by atoms with Crippen molar-refractivity contribution in [3.05, 3.63) is 41.1 Å². The van der Waals surface area contributed by atoms with Gasteiger partial charge in [0.1, 0.15) is 5.82 Å². The highest BCUT2D eigenvalue weighted by atomic mass is 35.5. The fourth-order valence-corrected chi connectivity index (χ4v) is 3.24. The second-order valence-electron chi connectivity index (χ2n) is 7.21. The molecule has 0 amide bonds. The molecule has 0 saturated carbocycles. The van der Waals surface area contributed by atoms with Gasteiger partial charge in [-0.05, 0) is 31.0 Å². The molecule has 2 aromatic rings. The first kappa shape index (κ1) is 28.1. The number of aryl methyl sites for hydroxylation is 1. The van der Waals surface area contributed by atoms with Crippen molar-refractivity contribution in [2.45, 2.75) is 44.6 Å². The summed E-state index contributed by atoms with van der Waals surface area (Å²) in [7, 11) is 0. The van der Waals surface area contributed by atoms with Gasteiger partial charge in [0, 0.05) is 36.6 Å². The topological polar surface area (TPSA) is 67.1 Å². The molecule has 32 heavy (non-hydrogen) atoms. The first-order valence-corrected chi connectivity index (χ1v) is 9.40. The van der Waals surface area contributed by atoms with E-state index in [0.717, 1.165) is 12.8 Å². The molecule has 1 aliphatic rings. The maximum Gasteiger partial charge on any atom is 0.416 e. The normalized spacial score (nSPS) is 16.4. The van der Waals surface area contributed by atoms with E-state index < -0.39 is 29.2 Å². The predicted molar refractivity (Wildman–Crippen MR) is 115 cm³/mol. The molecule has 1 aromatic heterocycles. The van der Waals surface area contributed by atoms with Crippen LogP contribution in [0.2, 0.25) is 0 Å². The predicted octanol–water partition coefficient (Wildman–Crippen LogP) is 5.59. The highest BCUT2D eigenvalue weighted by Gasteiger charge is 2.37. The van der Waals surface area contributed by atoms with E-state index in [4.69, 9.17) is 5.73 Å². The van der Waals surface area contributed by atoms with Gasteiger partial charge in [-0.1, -0.05) is 13.3 Å². The molecule has 1 saturated heterocycles. The van der Waals surface area contributed by atoms with E-state index in [0.29, 0.717) is 43.2 Å². The largest absolute Gasteiger partial charge is 0.416 e. The average molecular weight is 506 g/mol. The van der Waals surface area contributed by atoms with Gasteiger partial charge in [0.25, 0.3) is 0 Å². The van der Waals surface area contributed by atoms with Crippen LogP contribution in [0.1, 0.15) is 36.6 Å². The molecule has 3 N–H and O–H groups in total. The van der Waals surface area contributed by atoms with E-state index >= 15 is 0 Å². The lowest BCUT2D eigenvalue weighted by atomic mass is 10.1. The molecule has 1 aromatic carbocycles. The molecule has 180 valence electrons. The molecule has 0 spiro atoms. The van der Waals surface area contributed by atoms with Crippen molar-refractivity contribution in [1.29, 1.82) is 0 Å². The number of nitrogens with zero attached hydrogens (tertiary/aromatic N) is 3. The molecule has 5 nitrogen and oxygen atoms in total. The van der Waals surface area contributed by atoms with Crippen molar-refractivity contribution >= 4 is 42.3 Å². The Morgan fingerprint density at radius 1 is 1.00 bits per heavy atom. The number of nitrogens with one attached hydrogen (secondary N) is 1. The van der Waals surface area contributed by atoms with E-state index in [-0.39, 0.29) is 42.9 Å². The summed E-state index contributed by atoms with van der Waals surface area (Å²) >= 11 is 0. The Bertz CT molecular complexity index is 875. The second kappa shape index (κ2) is 10.8. The van der Waals surface area contributed by atoms with Gasteiger partial charge in [-0.2, -0.15) is 31.3 Å². The molecule has 0 bridgehead atoms.